The predicted octanol–water partition coefficient (Wildman–Crippen LogP) is 0.917. The van der Waals surface area contributed by atoms with Gasteiger partial charge in [-0.05, 0) is 35.9 Å². The molecule has 134 valence electrons. The average Bonchev–Trinajstić information content (AvgIpc) is 2.85. The Balaban J connectivity index is 1.87. The highest BCUT2D eigenvalue weighted by molar-refractivity contribution is 7.89. The van der Waals surface area contributed by atoms with Gasteiger partial charge in [0.05, 0.1) is 35.2 Å². The van der Waals surface area contributed by atoms with Crippen LogP contribution in [0.5, 0.6) is 0 Å². The minimum absolute atomic E-state index is 0.0369. The number of ether oxygens (including phenoxy) is 1. The number of carbonyl (C=O) groups excluding carboxylic acids is 3. The first kappa shape index (κ1) is 17.8. The van der Waals surface area contributed by atoms with Gasteiger partial charge in [-0.2, -0.15) is 0 Å². The molecule has 26 heavy (non-hydrogen) atoms. The molecule has 8 nitrogen and oxygen atoms in total. The molecular weight excluding hydrogens is 360 g/mol. The Morgan fingerprint density at radius 2 is 1.65 bits per heavy atom. The van der Waals surface area contributed by atoms with Gasteiger partial charge in [0.25, 0.3) is 11.8 Å². The number of fused-ring (bicyclic) bond motifs is 1. The second-order valence-corrected chi connectivity index (χ2v) is 7.20. The smallest absolute Gasteiger partial charge is 0.337 e. The van der Waals surface area contributed by atoms with Gasteiger partial charge in [-0.3, -0.25) is 14.5 Å². The number of esters is 1. The average molecular weight is 374 g/mol. The van der Waals surface area contributed by atoms with Gasteiger partial charge in [0.2, 0.25) is 10.0 Å². The molecule has 2 N–H and O–H groups in total. The van der Waals surface area contributed by atoms with Crippen LogP contribution in [0, 0.1) is 0 Å². The van der Waals surface area contributed by atoms with Crippen LogP contribution < -0.4 is 5.14 Å². The Morgan fingerprint density at radius 3 is 2.23 bits per heavy atom. The molecule has 0 aromatic heterocycles. The quantitative estimate of drug-likeness (QED) is 0.627. The second-order valence-electron chi connectivity index (χ2n) is 5.64. The third-order valence-electron chi connectivity index (χ3n) is 3.98. The number of imide groups is 1. The van der Waals surface area contributed by atoms with Crippen LogP contribution in [0.15, 0.2) is 47.4 Å². The van der Waals surface area contributed by atoms with Crippen molar-refractivity contribution < 1.29 is 27.5 Å². The van der Waals surface area contributed by atoms with Crippen molar-refractivity contribution in [2.24, 2.45) is 5.14 Å². The van der Waals surface area contributed by atoms with E-state index in [0.717, 1.165) is 4.90 Å². The molecule has 0 aliphatic carbocycles. The molecule has 0 atom stereocenters. The van der Waals surface area contributed by atoms with E-state index in [1.54, 1.807) is 0 Å². The molecule has 0 fully saturated rings. The number of rotatable bonds is 4. The summed E-state index contributed by atoms with van der Waals surface area (Å²) >= 11 is 0. The minimum Gasteiger partial charge on any atom is -0.465 e. The van der Waals surface area contributed by atoms with Crippen molar-refractivity contribution in [1.29, 1.82) is 0 Å². The fourth-order valence-electron chi connectivity index (χ4n) is 2.65. The second kappa shape index (κ2) is 6.36. The molecule has 0 bridgehead atoms. The lowest BCUT2D eigenvalue weighted by Gasteiger charge is -2.14. The van der Waals surface area contributed by atoms with E-state index in [0.29, 0.717) is 5.56 Å². The molecule has 2 aromatic carbocycles. The number of amides is 2. The van der Waals surface area contributed by atoms with Gasteiger partial charge >= 0.3 is 5.97 Å². The van der Waals surface area contributed by atoms with E-state index in [9.17, 15) is 22.8 Å². The third kappa shape index (κ3) is 3.09. The molecule has 3 rings (SSSR count). The van der Waals surface area contributed by atoms with Crippen molar-refractivity contribution >= 4 is 27.8 Å². The molecule has 0 radical (unpaired) electrons. The van der Waals surface area contributed by atoms with Crippen LogP contribution in [0.3, 0.4) is 0 Å². The van der Waals surface area contributed by atoms with Gasteiger partial charge in [-0.15, -0.1) is 0 Å². The summed E-state index contributed by atoms with van der Waals surface area (Å²) in [6, 6.07) is 9.71. The first-order valence-corrected chi connectivity index (χ1v) is 8.97. The molecule has 1 heterocycles. The summed E-state index contributed by atoms with van der Waals surface area (Å²) in [6.07, 6.45) is 0. The van der Waals surface area contributed by atoms with Gasteiger partial charge in [0.15, 0.2) is 0 Å². The molecule has 0 saturated heterocycles. The van der Waals surface area contributed by atoms with Gasteiger partial charge in [-0.1, -0.05) is 12.1 Å². The van der Waals surface area contributed by atoms with E-state index in [-0.39, 0.29) is 28.1 Å². The highest BCUT2D eigenvalue weighted by atomic mass is 32.2. The molecule has 0 saturated carbocycles. The number of nitrogens with zero attached hydrogens (tertiary/aromatic N) is 1. The van der Waals surface area contributed by atoms with E-state index in [2.05, 4.69) is 4.74 Å². The number of methoxy groups -OCH3 is 1. The summed E-state index contributed by atoms with van der Waals surface area (Å²) in [6.45, 7) is -0.0369. The van der Waals surface area contributed by atoms with Crippen molar-refractivity contribution in [2.45, 2.75) is 11.4 Å². The van der Waals surface area contributed by atoms with Crippen LogP contribution >= 0.6 is 0 Å². The molecule has 0 spiro atoms. The third-order valence-corrected chi connectivity index (χ3v) is 4.91. The first-order valence-electron chi connectivity index (χ1n) is 7.42. The number of primary sulfonamides is 1. The molecule has 2 amide bonds. The molecular formula is C17H14N2O6S. The summed E-state index contributed by atoms with van der Waals surface area (Å²) < 4.78 is 27.2. The zero-order valence-corrected chi connectivity index (χ0v) is 14.4. The standard InChI is InChI=1S/C17H14N2O6S/c1-25-17(22)11-4-7-13-14(8-11)16(21)19(15(13)20)9-10-2-5-12(6-3-10)26(18,23)24/h2-8H,9H2,1H3,(H2,18,23,24). The lowest BCUT2D eigenvalue weighted by Crippen LogP contribution is -2.29. The van der Waals surface area contributed by atoms with Crippen LogP contribution in [-0.4, -0.2) is 38.2 Å². The molecule has 0 unspecified atom stereocenters. The van der Waals surface area contributed by atoms with Gasteiger partial charge in [0.1, 0.15) is 0 Å². The lowest BCUT2D eigenvalue weighted by molar-refractivity contribution is 0.0599. The minimum atomic E-state index is -3.82. The Labute approximate surface area is 149 Å². The Morgan fingerprint density at radius 1 is 1.04 bits per heavy atom. The Hall–Kier alpha value is -3.04. The van der Waals surface area contributed by atoms with Crippen molar-refractivity contribution in [1.82, 2.24) is 4.90 Å². The zero-order valence-electron chi connectivity index (χ0n) is 13.6. The topological polar surface area (TPSA) is 124 Å². The number of hydrogen-bond acceptors (Lipinski definition) is 6. The maximum absolute atomic E-state index is 12.5. The molecule has 2 aromatic rings. The largest absolute Gasteiger partial charge is 0.465 e. The van der Waals surface area contributed by atoms with Crippen molar-refractivity contribution in [2.75, 3.05) is 7.11 Å². The number of hydrogen-bond donors (Lipinski definition) is 1. The predicted molar refractivity (Wildman–Crippen MR) is 89.8 cm³/mol. The van der Waals surface area contributed by atoms with Crippen molar-refractivity contribution in [3.8, 4) is 0 Å². The van der Waals surface area contributed by atoms with E-state index in [1.807, 2.05) is 0 Å². The number of nitrogens with two attached hydrogens (primary N) is 1. The van der Waals surface area contributed by atoms with Gasteiger partial charge in [0, 0.05) is 0 Å². The highest BCUT2D eigenvalue weighted by Crippen LogP contribution is 2.26. The van der Waals surface area contributed by atoms with Crippen LogP contribution in [0.4, 0.5) is 0 Å². The maximum Gasteiger partial charge on any atom is 0.337 e. The summed E-state index contributed by atoms with van der Waals surface area (Å²) in [4.78, 5) is 37.6. The first-order chi connectivity index (χ1) is 12.2. The number of benzene rings is 2. The molecule has 9 heteroatoms. The van der Waals surface area contributed by atoms with E-state index in [1.165, 1.54) is 49.6 Å². The van der Waals surface area contributed by atoms with Crippen LogP contribution in [0.2, 0.25) is 0 Å². The fraction of sp³-hybridized carbons (Fsp3) is 0.118. The van der Waals surface area contributed by atoms with E-state index >= 15 is 0 Å². The summed E-state index contributed by atoms with van der Waals surface area (Å²) in [5.74, 6) is -1.63. The Kier molecular flexibility index (Phi) is 4.34. The SMILES string of the molecule is COC(=O)c1ccc2c(c1)C(=O)N(Cc1ccc(S(N)(=O)=O)cc1)C2=O. The Bertz CT molecular complexity index is 1030. The van der Waals surface area contributed by atoms with Crippen LogP contribution in [0.25, 0.3) is 0 Å². The van der Waals surface area contributed by atoms with Gasteiger partial charge in [-0.25, -0.2) is 18.4 Å². The zero-order chi connectivity index (χ0) is 19.1. The van der Waals surface area contributed by atoms with E-state index in [4.69, 9.17) is 5.14 Å². The number of sulfonamides is 1. The summed E-state index contributed by atoms with van der Waals surface area (Å²) in [5.41, 5.74) is 1.05. The van der Waals surface area contributed by atoms with Crippen LogP contribution in [0.1, 0.15) is 36.6 Å². The monoisotopic (exact) mass is 374 g/mol. The summed E-state index contributed by atoms with van der Waals surface area (Å²) in [7, 11) is -2.60. The van der Waals surface area contributed by atoms with Crippen molar-refractivity contribution in [3.05, 3.63) is 64.7 Å². The van der Waals surface area contributed by atoms with Crippen LogP contribution in [-0.2, 0) is 21.3 Å². The maximum atomic E-state index is 12.5. The lowest BCUT2D eigenvalue weighted by atomic mass is 10.1. The summed E-state index contributed by atoms with van der Waals surface area (Å²) in [5, 5.41) is 5.04. The molecule has 1 aliphatic heterocycles. The van der Waals surface area contributed by atoms with Crippen molar-refractivity contribution in [3.63, 3.8) is 0 Å². The fourth-order valence-corrected chi connectivity index (χ4v) is 3.16. The van der Waals surface area contributed by atoms with Gasteiger partial charge < -0.3 is 4.74 Å². The highest BCUT2D eigenvalue weighted by Gasteiger charge is 2.36. The number of carbonyl (C=O) groups is 3. The molecule has 1 aliphatic rings. The van der Waals surface area contributed by atoms with E-state index < -0.39 is 27.8 Å². The normalized spacial score (nSPS) is 13.7.